The Labute approximate surface area is 147 Å². The number of ether oxygens (including phenoxy) is 1. The SMILES string of the molecule is C=CC(C)CC/C=C/CC(C#N)CC(C)(CC)C(=O)OCCCO. The molecule has 0 saturated carbocycles. The fourth-order valence-corrected chi connectivity index (χ4v) is 2.36. The van der Waals surface area contributed by atoms with Crippen LogP contribution in [-0.2, 0) is 9.53 Å². The third kappa shape index (κ3) is 8.88. The van der Waals surface area contributed by atoms with Gasteiger partial charge in [0.05, 0.1) is 24.0 Å². The monoisotopic (exact) mass is 335 g/mol. The molecular weight excluding hydrogens is 302 g/mol. The Morgan fingerprint density at radius 3 is 2.71 bits per heavy atom. The van der Waals surface area contributed by atoms with Crippen LogP contribution in [0.15, 0.2) is 24.8 Å². The van der Waals surface area contributed by atoms with E-state index >= 15 is 0 Å². The van der Waals surface area contributed by atoms with E-state index in [1.807, 2.05) is 26.0 Å². The number of esters is 1. The van der Waals surface area contributed by atoms with Gasteiger partial charge in [-0.3, -0.25) is 4.79 Å². The van der Waals surface area contributed by atoms with Crippen LogP contribution >= 0.6 is 0 Å². The van der Waals surface area contributed by atoms with E-state index in [1.54, 1.807) is 0 Å². The number of nitrogens with zero attached hydrogens (tertiary/aromatic N) is 1. The molecule has 0 aromatic heterocycles. The predicted octanol–water partition coefficient (Wildman–Crippen LogP) is 4.41. The average molecular weight is 335 g/mol. The second-order valence-electron chi connectivity index (χ2n) is 6.65. The molecule has 136 valence electrons. The predicted molar refractivity (Wildman–Crippen MR) is 97.1 cm³/mol. The van der Waals surface area contributed by atoms with Crippen LogP contribution in [0.3, 0.4) is 0 Å². The second-order valence-corrected chi connectivity index (χ2v) is 6.65. The van der Waals surface area contributed by atoms with Crippen molar-refractivity contribution >= 4 is 5.97 Å². The fourth-order valence-electron chi connectivity index (χ4n) is 2.36. The first kappa shape index (κ1) is 22.4. The lowest BCUT2D eigenvalue weighted by Gasteiger charge is -2.27. The Bertz CT molecular complexity index is 439. The Kier molecular flexibility index (Phi) is 11.9. The van der Waals surface area contributed by atoms with Crippen molar-refractivity contribution in [2.24, 2.45) is 17.3 Å². The summed E-state index contributed by atoms with van der Waals surface area (Å²) in [5.41, 5.74) is -0.652. The molecule has 0 saturated heterocycles. The van der Waals surface area contributed by atoms with E-state index in [2.05, 4.69) is 25.6 Å². The average Bonchev–Trinajstić information content (AvgIpc) is 2.59. The Hall–Kier alpha value is -1.60. The molecule has 0 rings (SSSR count). The number of carbonyl (C=O) groups excluding carboxylic acids is 1. The lowest BCUT2D eigenvalue weighted by molar-refractivity contribution is -0.156. The molecule has 3 unspecified atom stereocenters. The number of aliphatic hydroxyl groups is 1. The molecule has 0 aromatic rings. The summed E-state index contributed by atoms with van der Waals surface area (Å²) < 4.78 is 5.23. The molecule has 0 fully saturated rings. The molecule has 0 radical (unpaired) electrons. The highest BCUT2D eigenvalue weighted by atomic mass is 16.5. The minimum atomic E-state index is -0.652. The van der Waals surface area contributed by atoms with Gasteiger partial charge < -0.3 is 9.84 Å². The summed E-state index contributed by atoms with van der Waals surface area (Å²) in [6, 6.07) is 2.31. The quantitative estimate of drug-likeness (QED) is 0.307. The number of carbonyl (C=O) groups is 1. The Morgan fingerprint density at radius 2 is 2.17 bits per heavy atom. The van der Waals surface area contributed by atoms with Gasteiger partial charge in [0.25, 0.3) is 0 Å². The van der Waals surface area contributed by atoms with Gasteiger partial charge in [0.15, 0.2) is 0 Å². The summed E-state index contributed by atoms with van der Waals surface area (Å²) in [6.07, 6.45) is 10.3. The number of hydrogen-bond acceptors (Lipinski definition) is 4. The van der Waals surface area contributed by atoms with Crippen LogP contribution in [-0.4, -0.2) is 24.3 Å². The molecule has 4 heteroatoms. The maximum atomic E-state index is 12.3. The molecule has 0 bridgehead atoms. The normalized spacial score (nSPS) is 16.1. The van der Waals surface area contributed by atoms with Gasteiger partial charge in [-0.15, -0.1) is 6.58 Å². The molecule has 0 spiro atoms. The molecule has 0 aromatic carbocycles. The van der Waals surface area contributed by atoms with Gasteiger partial charge in [-0.05, 0) is 44.9 Å². The van der Waals surface area contributed by atoms with Crippen molar-refractivity contribution < 1.29 is 14.6 Å². The van der Waals surface area contributed by atoms with Crippen LogP contribution in [0.5, 0.6) is 0 Å². The zero-order valence-corrected chi connectivity index (χ0v) is 15.5. The largest absolute Gasteiger partial charge is 0.465 e. The third-order valence-electron chi connectivity index (χ3n) is 4.47. The minimum Gasteiger partial charge on any atom is -0.465 e. The minimum absolute atomic E-state index is 0.00616. The first-order valence-corrected chi connectivity index (χ1v) is 8.88. The number of allylic oxidation sites excluding steroid dienone is 3. The number of nitriles is 1. The lowest BCUT2D eigenvalue weighted by Crippen LogP contribution is -2.31. The van der Waals surface area contributed by atoms with Gasteiger partial charge in [-0.2, -0.15) is 5.26 Å². The molecule has 0 aliphatic rings. The molecule has 1 N–H and O–H groups in total. The first-order chi connectivity index (χ1) is 11.4. The van der Waals surface area contributed by atoms with Gasteiger partial charge >= 0.3 is 5.97 Å². The highest BCUT2D eigenvalue weighted by Crippen LogP contribution is 2.32. The zero-order chi connectivity index (χ0) is 18.4. The van der Waals surface area contributed by atoms with Crippen LogP contribution in [0.4, 0.5) is 0 Å². The van der Waals surface area contributed by atoms with Gasteiger partial charge in [0.2, 0.25) is 0 Å². The zero-order valence-electron chi connectivity index (χ0n) is 15.5. The molecule has 0 aliphatic carbocycles. The van der Waals surface area contributed by atoms with E-state index < -0.39 is 5.41 Å². The summed E-state index contributed by atoms with van der Waals surface area (Å²) in [7, 11) is 0. The van der Waals surface area contributed by atoms with E-state index in [1.165, 1.54) is 0 Å². The molecule has 4 nitrogen and oxygen atoms in total. The summed E-state index contributed by atoms with van der Waals surface area (Å²) in [5.74, 6) is 0.0226. The first-order valence-electron chi connectivity index (χ1n) is 8.88. The van der Waals surface area contributed by atoms with E-state index in [4.69, 9.17) is 9.84 Å². The van der Waals surface area contributed by atoms with E-state index in [9.17, 15) is 10.1 Å². The highest BCUT2D eigenvalue weighted by Gasteiger charge is 2.35. The standard InChI is InChI=1S/C20H33NO3/c1-5-17(3)11-8-7-9-12-18(16-21)15-20(4,6-2)19(23)24-14-10-13-22/h5,7,9,17-18,22H,1,6,8,10-15H2,2-4H3/b9-7+. The van der Waals surface area contributed by atoms with Gasteiger partial charge in [-0.25, -0.2) is 0 Å². The van der Waals surface area contributed by atoms with E-state index in [-0.39, 0.29) is 25.1 Å². The highest BCUT2D eigenvalue weighted by molar-refractivity contribution is 5.76. The van der Waals surface area contributed by atoms with Crippen molar-refractivity contribution in [2.45, 2.75) is 59.3 Å². The van der Waals surface area contributed by atoms with Gasteiger partial charge in [0, 0.05) is 13.0 Å². The molecule has 0 heterocycles. The summed E-state index contributed by atoms with van der Waals surface area (Å²) in [5, 5.41) is 18.1. The van der Waals surface area contributed by atoms with Crippen molar-refractivity contribution in [3.63, 3.8) is 0 Å². The third-order valence-corrected chi connectivity index (χ3v) is 4.47. The Balaban J connectivity index is 4.48. The van der Waals surface area contributed by atoms with Crippen LogP contribution in [0.1, 0.15) is 59.3 Å². The van der Waals surface area contributed by atoms with E-state index in [0.717, 1.165) is 12.8 Å². The van der Waals surface area contributed by atoms with Crippen LogP contribution in [0, 0.1) is 28.6 Å². The number of rotatable bonds is 13. The fraction of sp³-hybridized carbons (Fsp3) is 0.700. The topological polar surface area (TPSA) is 70.3 Å². The maximum Gasteiger partial charge on any atom is 0.311 e. The molecular formula is C20H33NO3. The molecule has 24 heavy (non-hydrogen) atoms. The van der Waals surface area contributed by atoms with Crippen molar-refractivity contribution in [1.82, 2.24) is 0 Å². The second kappa shape index (κ2) is 12.8. The van der Waals surface area contributed by atoms with Crippen molar-refractivity contribution in [1.29, 1.82) is 5.26 Å². The number of hydrogen-bond donors (Lipinski definition) is 1. The van der Waals surface area contributed by atoms with Crippen molar-refractivity contribution in [3.8, 4) is 6.07 Å². The molecule has 0 amide bonds. The van der Waals surface area contributed by atoms with Crippen LogP contribution in [0.2, 0.25) is 0 Å². The van der Waals surface area contributed by atoms with Crippen molar-refractivity contribution in [3.05, 3.63) is 24.8 Å². The summed E-state index contributed by atoms with van der Waals surface area (Å²) in [6.45, 7) is 9.93. The lowest BCUT2D eigenvalue weighted by atomic mass is 9.78. The smallest absolute Gasteiger partial charge is 0.311 e. The number of aliphatic hydroxyl groups excluding tert-OH is 1. The Morgan fingerprint density at radius 1 is 1.46 bits per heavy atom. The van der Waals surface area contributed by atoms with Crippen molar-refractivity contribution in [2.75, 3.05) is 13.2 Å². The molecule has 0 aliphatic heterocycles. The molecule has 3 atom stereocenters. The van der Waals surface area contributed by atoms with Crippen LogP contribution < -0.4 is 0 Å². The van der Waals surface area contributed by atoms with Gasteiger partial charge in [-0.1, -0.05) is 32.1 Å². The summed E-state index contributed by atoms with van der Waals surface area (Å²) in [4.78, 5) is 12.3. The van der Waals surface area contributed by atoms with Crippen LogP contribution in [0.25, 0.3) is 0 Å². The maximum absolute atomic E-state index is 12.3. The van der Waals surface area contributed by atoms with E-state index in [0.29, 0.717) is 31.6 Å². The summed E-state index contributed by atoms with van der Waals surface area (Å²) >= 11 is 0. The van der Waals surface area contributed by atoms with Gasteiger partial charge in [0.1, 0.15) is 0 Å².